The number of thiophene rings is 1. The highest BCUT2D eigenvalue weighted by Crippen LogP contribution is 2.36. The van der Waals surface area contributed by atoms with E-state index in [0.717, 1.165) is 27.1 Å². The van der Waals surface area contributed by atoms with Gasteiger partial charge in [-0.25, -0.2) is 4.99 Å². The van der Waals surface area contributed by atoms with E-state index in [1.165, 1.54) is 12.1 Å². The Morgan fingerprint density at radius 2 is 1.78 bits per heavy atom. The molecule has 3 aromatic carbocycles. The van der Waals surface area contributed by atoms with E-state index in [2.05, 4.69) is 4.99 Å². The second-order valence-electron chi connectivity index (χ2n) is 7.31. The molecule has 1 aliphatic rings. The fraction of sp³-hybridized carbons (Fsp3) is 0.0833. The molecular formula is C24H14ClF3N2OS. The van der Waals surface area contributed by atoms with Crippen molar-refractivity contribution in [2.75, 3.05) is 4.90 Å². The van der Waals surface area contributed by atoms with Crippen molar-refractivity contribution >= 4 is 56.0 Å². The van der Waals surface area contributed by atoms with Crippen molar-refractivity contribution in [3.63, 3.8) is 0 Å². The number of carbonyl (C=O) groups excluding carboxylic acids is 1. The SMILES string of the molecule is O=C1C(=Nc2cccc(C(F)(F)F)c2)c2ccccc2N1Cc1cc2cc(Cl)ccc2s1. The van der Waals surface area contributed by atoms with Crippen molar-refractivity contribution in [2.45, 2.75) is 12.7 Å². The number of hydrogen-bond acceptors (Lipinski definition) is 3. The minimum absolute atomic E-state index is 0.0799. The predicted molar refractivity (Wildman–Crippen MR) is 122 cm³/mol. The zero-order valence-corrected chi connectivity index (χ0v) is 17.9. The minimum atomic E-state index is -4.48. The molecule has 0 spiro atoms. The van der Waals surface area contributed by atoms with Crippen LogP contribution in [0.3, 0.4) is 0 Å². The molecule has 0 fully saturated rings. The average molecular weight is 471 g/mol. The van der Waals surface area contributed by atoms with E-state index in [0.29, 0.717) is 22.8 Å². The van der Waals surface area contributed by atoms with Gasteiger partial charge in [-0.1, -0.05) is 35.9 Å². The highest BCUT2D eigenvalue weighted by Gasteiger charge is 2.34. The predicted octanol–water partition coefficient (Wildman–Crippen LogP) is 7.24. The minimum Gasteiger partial charge on any atom is -0.301 e. The van der Waals surface area contributed by atoms with Gasteiger partial charge in [0.2, 0.25) is 0 Å². The van der Waals surface area contributed by atoms with Gasteiger partial charge < -0.3 is 4.90 Å². The molecule has 3 nitrogen and oxygen atoms in total. The number of para-hydroxylation sites is 1. The first-order valence-corrected chi connectivity index (χ1v) is 10.8. The van der Waals surface area contributed by atoms with Gasteiger partial charge in [-0.2, -0.15) is 13.2 Å². The van der Waals surface area contributed by atoms with Crippen LogP contribution in [0.4, 0.5) is 24.5 Å². The summed E-state index contributed by atoms with van der Waals surface area (Å²) in [5.74, 6) is -0.348. The van der Waals surface area contributed by atoms with Gasteiger partial charge >= 0.3 is 6.18 Å². The van der Waals surface area contributed by atoms with Gasteiger partial charge in [0.05, 0.1) is 23.5 Å². The molecule has 0 aliphatic carbocycles. The van der Waals surface area contributed by atoms with E-state index >= 15 is 0 Å². The molecule has 1 aromatic heterocycles. The molecule has 0 saturated carbocycles. The average Bonchev–Trinajstić information content (AvgIpc) is 3.27. The molecule has 0 atom stereocenters. The maximum Gasteiger partial charge on any atom is 0.416 e. The monoisotopic (exact) mass is 470 g/mol. The second kappa shape index (κ2) is 7.76. The van der Waals surface area contributed by atoms with Crippen molar-refractivity contribution in [2.24, 2.45) is 4.99 Å². The van der Waals surface area contributed by atoms with E-state index < -0.39 is 11.7 Å². The highest BCUT2D eigenvalue weighted by molar-refractivity contribution is 7.19. The molecular weight excluding hydrogens is 457 g/mol. The first kappa shape index (κ1) is 20.7. The van der Waals surface area contributed by atoms with E-state index in [-0.39, 0.29) is 17.3 Å². The molecule has 1 amide bonds. The van der Waals surface area contributed by atoms with Crippen LogP contribution in [-0.2, 0) is 17.5 Å². The summed E-state index contributed by atoms with van der Waals surface area (Å²) in [4.78, 5) is 20.2. The Kier molecular flexibility index (Phi) is 5.03. The van der Waals surface area contributed by atoms with E-state index in [4.69, 9.17) is 11.6 Å². The number of rotatable bonds is 3. The lowest BCUT2D eigenvalue weighted by Gasteiger charge is -2.15. The summed E-state index contributed by atoms with van der Waals surface area (Å²) in [6.45, 7) is 0.328. The van der Waals surface area contributed by atoms with Crippen LogP contribution in [0.25, 0.3) is 10.1 Å². The highest BCUT2D eigenvalue weighted by atomic mass is 35.5. The van der Waals surface area contributed by atoms with Gasteiger partial charge in [0.15, 0.2) is 0 Å². The normalized spacial score (nSPS) is 15.1. The summed E-state index contributed by atoms with van der Waals surface area (Å²) < 4.78 is 40.3. The lowest BCUT2D eigenvalue weighted by Crippen LogP contribution is -2.29. The third-order valence-electron chi connectivity index (χ3n) is 5.16. The zero-order chi connectivity index (χ0) is 22.5. The molecule has 160 valence electrons. The molecule has 32 heavy (non-hydrogen) atoms. The maximum absolute atomic E-state index is 13.3. The zero-order valence-electron chi connectivity index (χ0n) is 16.4. The summed E-state index contributed by atoms with van der Waals surface area (Å²) in [7, 11) is 0. The fourth-order valence-electron chi connectivity index (χ4n) is 3.71. The first-order chi connectivity index (χ1) is 15.3. The molecule has 0 bridgehead atoms. The molecule has 2 heterocycles. The second-order valence-corrected chi connectivity index (χ2v) is 8.92. The number of halogens is 4. The van der Waals surface area contributed by atoms with E-state index in [1.54, 1.807) is 28.4 Å². The quantitative estimate of drug-likeness (QED) is 0.310. The standard InChI is InChI=1S/C24H14ClF3N2OS/c25-16-8-9-21-14(10-16)11-18(32-21)13-30-20-7-2-1-6-19(20)22(23(30)31)29-17-5-3-4-15(12-17)24(26,27)28/h1-12H,13H2. The van der Waals surface area contributed by atoms with Gasteiger partial charge in [0.1, 0.15) is 5.71 Å². The summed E-state index contributed by atoms with van der Waals surface area (Å²) in [6, 6.07) is 19.4. The lowest BCUT2D eigenvalue weighted by molar-refractivity contribution is -0.137. The summed E-state index contributed by atoms with van der Waals surface area (Å²) in [5, 5.41) is 1.63. The lowest BCUT2D eigenvalue weighted by atomic mass is 10.1. The number of anilines is 1. The number of alkyl halides is 3. The Morgan fingerprint density at radius 1 is 0.969 bits per heavy atom. The Labute approximate surface area is 190 Å². The number of fused-ring (bicyclic) bond motifs is 2. The summed E-state index contributed by atoms with van der Waals surface area (Å²) in [5.41, 5.74) is 0.678. The van der Waals surface area contributed by atoms with Crippen LogP contribution >= 0.6 is 22.9 Å². The molecule has 0 radical (unpaired) electrons. The largest absolute Gasteiger partial charge is 0.416 e. The van der Waals surface area contributed by atoms with E-state index in [9.17, 15) is 18.0 Å². The van der Waals surface area contributed by atoms with Crippen LogP contribution in [0.1, 0.15) is 16.0 Å². The fourth-order valence-corrected chi connectivity index (χ4v) is 4.92. The van der Waals surface area contributed by atoms with Crippen LogP contribution < -0.4 is 4.90 Å². The first-order valence-electron chi connectivity index (χ1n) is 9.65. The molecule has 0 saturated heterocycles. The Morgan fingerprint density at radius 3 is 2.59 bits per heavy atom. The number of nitrogens with zero attached hydrogens (tertiary/aromatic N) is 2. The third kappa shape index (κ3) is 3.78. The van der Waals surface area contributed by atoms with Gasteiger partial charge in [-0.15, -0.1) is 11.3 Å². The van der Waals surface area contributed by atoms with Crippen molar-refractivity contribution < 1.29 is 18.0 Å². The summed E-state index contributed by atoms with van der Waals surface area (Å²) >= 11 is 7.64. The number of carbonyl (C=O) groups is 1. The molecule has 4 aromatic rings. The number of hydrogen-bond donors (Lipinski definition) is 0. The van der Waals surface area contributed by atoms with Gasteiger partial charge in [0, 0.05) is 20.2 Å². The summed E-state index contributed by atoms with van der Waals surface area (Å²) in [6.07, 6.45) is -4.48. The third-order valence-corrected chi connectivity index (χ3v) is 6.49. The van der Waals surface area contributed by atoms with Gasteiger partial charge in [-0.3, -0.25) is 4.79 Å². The van der Waals surface area contributed by atoms with Crippen LogP contribution in [0.15, 0.2) is 77.8 Å². The molecule has 0 unspecified atom stereocenters. The number of aliphatic imine (C=N–C) groups is 1. The van der Waals surface area contributed by atoms with Crippen molar-refractivity contribution in [1.29, 1.82) is 0 Å². The van der Waals surface area contributed by atoms with Crippen LogP contribution in [0.2, 0.25) is 5.02 Å². The van der Waals surface area contributed by atoms with Crippen LogP contribution in [0.5, 0.6) is 0 Å². The Hall–Kier alpha value is -3.16. The van der Waals surface area contributed by atoms with Crippen LogP contribution in [-0.4, -0.2) is 11.6 Å². The topological polar surface area (TPSA) is 32.7 Å². The molecule has 0 N–H and O–H groups in total. The van der Waals surface area contributed by atoms with Crippen molar-refractivity contribution in [3.05, 3.63) is 93.8 Å². The molecule has 8 heteroatoms. The van der Waals surface area contributed by atoms with E-state index in [1.807, 2.05) is 36.4 Å². The number of benzene rings is 3. The molecule has 1 aliphatic heterocycles. The Bertz CT molecular complexity index is 1390. The van der Waals surface area contributed by atoms with Crippen molar-refractivity contribution in [1.82, 2.24) is 0 Å². The molecule has 5 rings (SSSR count). The van der Waals surface area contributed by atoms with Gasteiger partial charge in [-0.05, 0) is 53.9 Å². The van der Waals surface area contributed by atoms with Gasteiger partial charge in [0.25, 0.3) is 5.91 Å². The van der Waals surface area contributed by atoms with Crippen molar-refractivity contribution in [3.8, 4) is 0 Å². The maximum atomic E-state index is 13.3. The number of amides is 1. The Balaban J connectivity index is 1.53. The smallest absolute Gasteiger partial charge is 0.301 e. The van der Waals surface area contributed by atoms with Crippen LogP contribution in [0, 0.1) is 0 Å².